The molecule has 2 rings (SSSR count). The summed E-state index contributed by atoms with van der Waals surface area (Å²) in [6, 6.07) is 5.29. The van der Waals surface area contributed by atoms with Gasteiger partial charge in [-0.25, -0.2) is 0 Å². The van der Waals surface area contributed by atoms with Crippen LogP contribution in [0.15, 0.2) is 18.2 Å². The van der Waals surface area contributed by atoms with E-state index >= 15 is 0 Å². The molecule has 0 saturated heterocycles. The summed E-state index contributed by atoms with van der Waals surface area (Å²) in [6.45, 7) is 4.00. The molecule has 0 aliphatic rings. The zero-order valence-electron chi connectivity index (χ0n) is 9.28. The maximum Gasteiger partial charge on any atom is 0.229 e. The molecule has 3 nitrogen and oxygen atoms in total. The fraction of sp³-hybridized carbons (Fsp3) is 0.273. The van der Waals surface area contributed by atoms with Crippen molar-refractivity contribution in [3.05, 3.63) is 39.4 Å². The van der Waals surface area contributed by atoms with Gasteiger partial charge in [-0.15, -0.1) is 10.2 Å². The van der Waals surface area contributed by atoms with E-state index in [9.17, 15) is 0 Å². The zero-order valence-corrected chi connectivity index (χ0v) is 11.6. The Labute approximate surface area is 114 Å². The average molecular weight is 291 g/mol. The standard InChI is InChI=1S/C11H10Cl3N3/c1-6(2)10-15-16-11(14)17(10)9-7(12)4-3-5-8(9)13/h3-6H,1-2H3. The second-order valence-electron chi connectivity index (χ2n) is 3.89. The molecule has 0 bridgehead atoms. The average Bonchev–Trinajstić information content (AvgIpc) is 2.61. The first-order valence-electron chi connectivity index (χ1n) is 5.07. The smallest absolute Gasteiger partial charge is 0.229 e. The third kappa shape index (κ3) is 2.28. The van der Waals surface area contributed by atoms with Crippen LogP contribution in [0.3, 0.4) is 0 Å². The quantitative estimate of drug-likeness (QED) is 0.823. The van der Waals surface area contributed by atoms with Crippen LogP contribution in [-0.4, -0.2) is 14.8 Å². The monoisotopic (exact) mass is 289 g/mol. The van der Waals surface area contributed by atoms with Gasteiger partial charge in [0.25, 0.3) is 0 Å². The first-order valence-corrected chi connectivity index (χ1v) is 6.21. The van der Waals surface area contributed by atoms with Crippen LogP contribution in [0.5, 0.6) is 0 Å². The van der Waals surface area contributed by atoms with Crippen LogP contribution in [0.4, 0.5) is 0 Å². The number of aromatic nitrogens is 3. The Bertz CT molecular complexity index is 529. The Morgan fingerprint density at radius 3 is 2.18 bits per heavy atom. The van der Waals surface area contributed by atoms with Crippen LogP contribution < -0.4 is 0 Å². The molecule has 0 saturated carbocycles. The van der Waals surface area contributed by atoms with E-state index < -0.39 is 0 Å². The first-order chi connectivity index (χ1) is 8.02. The molecule has 0 unspecified atom stereocenters. The van der Waals surface area contributed by atoms with Gasteiger partial charge in [0, 0.05) is 5.92 Å². The summed E-state index contributed by atoms with van der Waals surface area (Å²) in [5.41, 5.74) is 0.620. The Morgan fingerprint density at radius 2 is 1.65 bits per heavy atom. The van der Waals surface area contributed by atoms with E-state index in [1.54, 1.807) is 22.8 Å². The fourth-order valence-electron chi connectivity index (χ4n) is 1.56. The van der Waals surface area contributed by atoms with Crippen molar-refractivity contribution < 1.29 is 0 Å². The number of hydrogen-bond acceptors (Lipinski definition) is 2. The van der Waals surface area contributed by atoms with Gasteiger partial charge >= 0.3 is 0 Å². The third-order valence-corrected chi connectivity index (χ3v) is 3.18. The van der Waals surface area contributed by atoms with E-state index in [4.69, 9.17) is 34.8 Å². The molecule has 0 spiro atoms. The highest BCUT2D eigenvalue weighted by Gasteiger charge is 2.19. The second kappa shape index (κ2) is 4.84. The van der Waals surface area contributed by atoms with Gasteiger partial charge in [0.2, 0.25) is 5.28 Å². The summed E-state index contributed by atoms with van der Waals surface area (Å²) in [4.78, 5) is 0. The predicted molar refractivity (Wildman–Crippen MR) is 70.5 cm³/mol. The SMILES string of the molecule is CC(C)c1nnc(Cl)n1-c1c(Cl)cccc1Cl. The van der Waals surface area contributed by atoms with Crippen LogP contribution in [0, 0.1) is 0 Å². The van der Waals surface area contributed by atoms with E-state index in [-0.39, 0.29) is 11.2 Å². The van der Waals surface area contributed by atoms with Gasteiger partial charge in [-0.3, -0.25) is 4.57 Å². The highest BCUT2D eigenvalue weighted by Crippen LogP contribution is 2.32. The molecule has 1 aromatic heterocycles. The van der Waals surface area contributed by atoms with Crippen molar-refractivity contribution in [2.75, 3.05) is 0 Å². The lowest BCUT2D eigenvalue weighted by atomic mass is 10.2. The lowest BCUT2D eigenvalue weighted by molar-refractivity contribution is 0.746. The summed E-state index contributed by atoms with van der Waals surface area (Å²) in [5, 5.41) is 9.18. The highest BCUT2D eigenvalue weighted by atomic mass is 35.5. The van der Waals surface area contributed by atoms with E-state index in [1.807, 2.05) is 13.8 Å². The van der Waals surface area contributed by atoms with Crippen LogP contribution in [0.25, 0.3) is 5.69 Å². The van der Waals surface area contributed by atoms with E-state index in [2.05, 4.69) is 10.2 Å². The van der Waals surface area contributed by atoms with Crippen LogP contribution in [0.1, 0.15) is 25.6 Å². The lowest BCUT2D eigenvalue weighted by Crippen LogP contribution is -2.04. The summed E-state index contributed by atoms with van der Waals surface area (Å²) in [5.74, 6) is 0.896. The first kappa shape index (κ1) is 12.7. The molecule has 6 heteroatoms. The summed E-state index contributed by atoms with van der Waals surface area (Å²) >= 11 is 18.3. The van der Waals surface area contributed by atoms with E-state index in [0.29, 0.717) is 15.7 Å². The number of para-hydroxylation sites is 1. The summed E-state index contributed by atoms with van der Waals surface area (Å²) in [7, 11) is 0. The Balaban J connectivity index is 2.72. The molecule has 1 aromatic carbocycles. The van der Waals surface area contributed by atoms with Gasteiger partial charge < -0.3 is 0 Å². The molecule has 0 aliphatic carbocycles. The van der Waals surface area contributed by atoms with Crippen molar-refractivity contribution in [2.45, 2.75) is 19.8 Å². The van der Waals surface area contributed by atoms with Gasteiger partial charge in [0.1, 0.15) is 5.82 Å². The summed E-state index contributed by atoms with van der Waals surface area (Å²) in [6.07, 6.45) is 0. The molecule has 0 radical (unpaired) electrons. The normalized spacial score (nSPS) is 11.2. The Kier molecular flexibility index (Phi) is 3.61. The van der Waals surface area contributed by atoms with Crippen molar-refractivity contribution in [1.29, 1.82) is 0 Å². The molecule has 2 aromatic rings. The van der Waals surface area contributed by atoms with Gasteiger partial charge in [-0.1, -0.05) is 43.1 Å². The predicted octanol–water partition coefficient (Wildman–Crippen LogP) is 4.35. The molecule has 0 N–H and O–H groups in total. The van der Waals surface area contributed by atoms with Gasteiger partial charge in [-0.05, 0) is 23.7 Å². The van der Waals surface area contributed by atoms with Gasteiger partial charge in [0.05, 0.1) is 15.7 Å². The van der Waals surface area contributed by atoms with Crippen LogP contribution >= 0.6 is 34.8 Å². The molecular formula is C11H10Cl3N3. The van der Waals surface area contributed by atoms with Gasteiger partial charge in [0.15, 0.2) is 0 Å². The molecule has 17 heavy (non-hydrogen) atoms. The number of hydrogen-bond donors (Lipinski definition) is 0. The number of halogens is 3. The van der Waals surface area contributed by atoms with Crippen LogP contribution in [0.2, 0.25) is 15.3 Å². The molecule has 90 valence electrons. The zero-order chi connectivity index (χ0) is 12.6. The number of nitrogens with zero attached hydrogens (tertiary/aromatic N) is 3. The number of rotatable bonds is 2. The minimum Gasteiger partial charge on any atom is -0.266 e. The van der Waals surface area contributed by atoms with Crippen molar-refractivity contribution >= 4 is 34.8 Å². The number of benzene rings is 1. The largest absolute Gasteiger partial charge is 0.266 e. The van der Waals surface area contributed by atoms with Crippen molar-refractivity contribution in [2.24, 2.45) is 0 Å². The summed E-state index contributed by atoms with van der Waals surface area (Å²) < 4.78 is 1.68. The van der Waals surface area contributed by atoms with Crippen molar-refractivity contribution in [3.63, 3.8) is 0 Å². The van der Waals surface area contributed by atoms with E-state index in [1.165, 1.54) is 0 Å². The Hall–Kier alpha value is -0.770. The second-order valence-corrected chi connectivity index (χ2v) is 5.04. The van der Waals surface area contributed by atoms with Crippen LogP contribution in [-0.2, 0) is 0 Å². The van der Waals surface area contributed by atoms with Gasteiger partial charge in [-0.2, -0.15) is 0 Å². The van der Waals surface area contributed by atoms with Crippen molar-refractivity contribution in [1.82, 2.24) is 14.8 Å². The molecule has 0 aliphatic heterocycles. The topological polar surface area (TPSA) is 30.7 Å². The maximum absolute atomic E-state index is 6.15. The van der Waals surface area contributed by atoms with Crippen molar-refractivity contribution in [3.8, 4) is 5.69 Å². The molecule has 0 fully saturated rings. The maximum atomic E-state index is 6.15. The lowest BCUT2D eigenvalue weighted by Gasteiger charge is -2.12. The minimum atomic E-state index is 0.169. The Morgan fingerprint density at radius 1 is 1.06 bits per heavy atom. The molecular weight excluding hydrogens is 281 g/mol. The molecule has 1 heterocycles. The molecule has 0 amide bonds. The fourth-order valence-corrected chi connectivity index (χ4v) is 2.33. The third-order valence-electron chi connectivity index (χ3n) is 2.33. The van der Waals surface area contributed by atoms with E-state index in [0.717, 1.165) is 5.82 Å². The highest BCUT2D eigenvalue weighted by molar-refractivity contribution is 6.38. The molecule has 0 atom stereocenters. The minimum absolute atomic E-state index is 0.169.